The van der Waals surface area contributed by atoms with Crippen molar-refractivity contribution in [1.29, 1.82) is 0 Å². The molecule has 0 aliphatic rings. The molecule has 0 saturated carbocycles. The number of hydrogen-bond acceptors (Lipinski definition) is 7. The smallest absolute Gasteiger partial charge is 0.343 e. The molecule has 0 fully saturated rings. The highest BCUT2D eigenvalue weighted by molar-refractivity contribution is 5.94. The quantitative estimate of drug-likeness (QED) is 0.671. The van der Waals surface area contributed by atoms with Gasteiger partial charge in [0, 0.05) is 0 Å². The van der Waals surface area contributed by atoms with Crippen molar-refractivity contribution in [3.63, 3.8) is 0 Å². The van der Waals surface area contributed by atoms with Crippen LogP contribution in [0.25, 0.3) is 11.5 Å². The maximum atomic E-state index is 11.7. The number of hydrogen-bond donors (Lipinski definition) is 1. The minimum absolute atomic E-state index is 0.170. The van der Waals surface area contributed by atoms with Crippen LogP contribution in [0.15, 0.2) is 24.7 Å². The molecule has 0 atom stereocenters. The van der Waals surface area contributed by atoms with Crippen molar-refractivity contribution in [1.82, 2.24) is 29.6 Å². The van der Waals surface area contributed by atoms with Gasteiger partial charge in [-0.05, 0) is 19.1 Å². The second-order valence-corrected chi connectivity index (χ2v) is 3.90. The van der Waals surface area contributed by atoms with Crippen molar-refractivity contribution >= 4 is 17.4 Å². The van der Waals surface area contributed by atoms with Crippen molar-refractivity contribution in [2.75, 3.05) is 12.3 Å². The van der Waals surface area contributed by atoms with E-state index in [9.17, 15) is 4.79 Å². The van der Waals surface area contributed by atoms with Crippen LogP contribution < -0.4 is 5.73 Å². The monoisotopic (exact) mass is 273 g/mol. The molecule has 0 aliphatic carbocycles. The van der Waals surface area contributed by atoms with Gasteiger partial charge in [0.1, 0.15) is 17.7 Å². The number of nitrogens with two attached hydrogens (primary N) is 1. The van der Waals surface area contributed by atoms with E-state index in [0.717, 1.165) is 0 Å². The minimum Gasteiger partial charge on any atom is -0.462 e. The highest BCUT2D eigenvalue weighted by atomic mass is 16.5. The second-order valence-electron chi connectivity index (χ2n) is 3.90. The largest absolute Gasteiger partial charge is 0.462 e. The number of nitrogen functional groups attached to an aromatic ring is 1. The standard InChI is InChI=1S/C11H11N7O2/c1-2-20-11(19)7-5-14-18(10(7)12)9-4-3-8-15-13-6-17(8)16-9/h3-6H,2,12H2,1H3. The highest BCUT2D eigenvalue weighted by Crippen LogP contribution is 2.16. The molecule has 0 unspecified atom stereocenters. The van der Waals surface area contributed by atoms with Crippen LogP contribution in [0.3, 0.4) is 0 Å². The first kappa shape index (κ1) is 12.1. The van der Waals surface area contributed by atoms with Crippen molar-refractivity contribution in [3.05, 3.63) is 30.2 Å². The zero-order chi connectivity index (χ0) is 14.1. The Morgan fingerprint density at radius 1 is 1.45 bits per heavy atom. The second kappa shape index (κ2) is 4.61. The van der Waals surface area contributed by atoms with E-state index in [0.29, 0.717) is 11.5 Å². The van der Waals surface area contributed by atoms with Crippen LogP contribution in [0.2, 0.25) is 0 Å². The van der Waals surface area contributed by atoms with Crippen molar-refractivity contribution in [3.8, 4) is 5.82 Å². The maximum Gasteiger partial charge on any atom is 0.343 e. The van der Waals surface area contributed by atoms with Crippen molar-refractivity contribution < 1.29 is 9.53 Å². The predicted octanol–water partition coefficient (Wildman–Crippen LogP) is 0.0689. The van der Waals surface area contributed by atoms with E-state index in [2.05, 4.69) is 20.4 Å². The number of fused-ring (bicyclic) bond motifs is 1. The zero-order valence-corrected chi connectivity index (χ0v) is 10.6. The van der Waals surface area contributed by atoms with E-state index in [1.165, 1.54) is 21.7 Å². The average molecular weight is 273 g/mol. The molecule has 0 amide bonds. The topological polar surface area (TPSA) is 113 Å². The third-order valence-corrected chi connectivity index (χ3v) is 2.67. The van der Waals surface area contributed by atoms with Gasteiger partial charge in [0.05, 0.1) is 12.8 Å². The van der Waals surface area contributed by atoms with Crippen LogP contribution in [0.5, 0.6) is 0 Å². The normalized spacial score (nSPS) is 10.8. The first-order valence-corrected chi connectivity index (χ1v) is 5.88. The summed E-state index contributed by atoms with van der Waals surface area (Å²) in [6.07, 6.45) is 2.82. The lowest BCUT2D eigenvalue weighted by Gasteiger charge is -2.04. The Morgan fingerprint density at radius 2 is 2.30 bits per heavy atom. The third-order valence-electron chi connectivity index (χ3n) is 2.67. The Hall–Kier alpha value is -2.97. The summed E-state index contributed by atoms with van der Waals surface area (Å²) in [7, 11) is 0. The van der Waals surface area contributed by atoms with Crippen molar-refractivity contribution in [2.45, 2.75) is 6.92 Å². The van der Waals surface area contributed by atoms with Crippen LogP contribution in [0, 0.1) is 0 Å². The third kappa shape index (κ3) is 1.85. The van der Waals surface area contributed by atoms with E-state index < -0.39 is 5.97 Å². The van der Waals surface area contributed by atoms with E-state index >= 15 is 0 Å². The van der Waals surface area contributed by atoms with Crippen LogP contribution in [0.4, 0.5) is 5.82 Å². The van der Waals surface area contributed by atoms with Gasteiger partial charge in [-0.15, -0.1) is 15.3 Å². The summed E-state index contributed by atoms with van der Waals surface area (Å²) in [5, 5.41) is 15.9. The molecule has 0 radical (unpaired) electrons. The van der Waals surface area contributed by atoms with E-state index in [4.69, 9.17) is 10.5 Å². The van der Waals surface area contributed by atoms with E-state index in [1.807, 2.05) is 0 Å². The van der Waals surface area contributed by atoms with Gasteiger partial charge in [-0.25, -0.2) is 4.79 Å². The molecule has 20 heavy (non-hydrogen) atoms. The molecule has 0 aliphatic heterocycles. The van der Waals surface area contributed by atoms with Gasteiger partial charge >= 0.3 is 5.97 Å². The van der Waals surface area contributed by atoms with Crippen LogP contribution in [-0.4, -0.2) is 42.2 Å². The number of aromatic nitrogens is 6. The number of carbonyl (C=O) groups excluding carboxylic acids is 1. The first-order valence-electron chi connectivity index (χ1n) is 5.88. The molecule has 3 rings (SSSR count). The molecule has 3 heterocycles. The molecule has 3 aromatic heterocycles. The molecule has 0 saturated heterocycles. The summed E-state index contributed by atoms with van der Waals surface area (Å²) in [6.45, 7) is 1.99. The Bertz CT molecular complexity index is 776. The zero-order valence-electron chi connectivity index (χ0n) is 10.6. The van der Waals surface area contributed by atoms with Crippen LogP contribution in [0.1, 0.15) is 17.3 Å². The fourth-order valence-electron chi connectivity index (χ4n) is 1.74. The predicted molar refractivity (Wildman–Crippen MR) is 68.3 cm³/mol. The SMILES string of the molecule is CCOC(=O)c1cnn(-c2ccc3nncn3n2)c1N. The fraction of sp³-hybridized carbons (Fsp3) is 0.182. The highest BCUT2D eigenvalue weighted by Gasteiger charge is 2.17. The summed E-state index contributed by atoms with van der Waals surface area (Å²) in [4.78, 5) is 11.7. The summed E-state index contributed by atoms with van der Waals surface area (Å²) < 4.78 is 7.74. The van der Waals surface area contributed by atoms with Gasteiger partial charge < -0.3 is 10.5 Å². The number of nitrogens with zero attached hydrogens (tertiary/aromatic N) is 6. The molecular weight excluding hydrogens is 262 g/mol. The lowest BCUT2D eigenvalue weighted by Crippen LogP contribution is -2.10. The van der Waals surface area contributed by atoms with Crippen molar-refractivity contribution in [2.24, 2.45) is 0 Å². The average Bonchev–Trinajstić information content (AvgIpc) is 3.04. The van der Waals surface area contributed by atoms with E-state index in [1.54, 1.807) is 19.1 Å². The Labute approximate surface area is 113 Å². The Morgan fingerprint density at radius 3 is 3.10 bits per heavy atom. The molecule has 2 N–H and O–H groups in total. The lowest BCUT2D eigenvalue weighted by molar-refractivity contribution is 0.0527. The first-order chi connectivity index (χ1) is 9.70. The summed E-state index contributed by atoms with van der Waals surface area (Å²) in [5.41, 5.74) is 6.71. The molecule has 9 heteroatoms. The fourth-order valence-corrected chi connectivity index (χ4v) is 1.74. The molecule has 0 bridgehead atoms. The minimum atomic E-state index is -0.512. The van der Waals surface area contributed by atoms with Gasteiger partial charge in [-0.2, -0.15) is 14.3 Å². The van der Waals surface area contributed by atoms with Crippen LogP contribution in [-0.2, 0) is 4.74 Å². The van der Waals surface area contributed by atoms with Gasteiger partial charge in [-0.3, -0.25) is 0 Å². The van der Waals surface area contributed by atoms with Gasteiger partial charge in [0.15, 0.2) is 11.5 Å². The Balaban J connectivity index is 2.03. The molecule has 3 aromatic rings. The van der Waals surface area contributed by atoms with Gasteiger partial charge in [0.2, 0.25) is 0 Å². The molecule has 9 nitrogen and oxygen atoms in total. The summed E-state index contributed by atoms with van der Waals surface area (Å²) in [6, 6.07) is 3.41. The lowest BCUT2D eigenvalue weighted by atomic mass is 10.3. The summed E-state index contributed by atoms with van der Waals surface area (Å²) in [5.74, 6) is 0.107. The number of esters is 1. The molecule has 102 valence electrons. The van der Waals surface area contributed by atoms with Gasteiger partial charge in [-0.1, -0.05) is 0 Å². The number of ether oxygens (including phenoxy) is 1. The number of anilines is 1. The molecule has 0 spiro atoms. The van der Waals surface area contributed by atoms with Crippen LogP contribution >= 0.6 is 0 Å². The van der Waals surface area contributed by atoms with E-state index in [-0.39, 0.29) is 18.0 Å². The Kier molecular flexibility index (Phi) is 2.78. The molecule has 0 aromatic carbocycles. The number of carbonyl (C=O) groups is 1. The molecular formula is C11H11N7O2. The maximum absolute atomic E-state index is 11.7. The van der Waals surface area contributed by atoms with Gasteiger partial charge in [0.25, 0.3) is 0 Å². The number of rotatable bonds is 3. The summed E-state index contributed by atoms with van der Waals surface area (Å²) >= 11 is 0.